The fraction of sp³-hybridized carbons (Fsp3) is 0.462. The zero-order chi connectivity index (χ0) is 12.3. The third-order valence-electron chi connectivity index (χ3n) is 2.99. The molecule has 3 N–H and O–H groups in total. The van der Waals surface area contributed by atoms with Crippen LogP contribution in [0.4, 0.5) is 11.4 Å². The number of carbonyl (C=O) groups is 1. The van der Waals surface area contributed by atoms with Crippen molar-refractivity contribution >= 4 is 17.3 Å². The van der Waals surface area contributed by atoms with Crippen LogP contribution in [0.1, 0.15) is 24.8 Å². The van der Waals surface area contributed by atoms with Crippen molar-refractivity contribution in [2.24, 2.45) is 0 Å². The lowest BCUT2D eigenvalue weighted by Gasteiger charge is -2.10. The Hall–Kier alpha value is -1.55. The van der Waals surface area contributed by atoms with Crippen molar-refractivity contribution in [3.05, 3.63) is 23.8 Å². The van der Waals surface area contributed by atoms with Gasteiger partial charge in [-0.25, -0.2) is 0 Å². The quantitative estimate of drug-likeness (QED) is 0.787. The number of benzene rings is 1. The first-order valence-electron chi connectivity index (χ1n) is 5.93. The van der Waals surface area contributed by atoms with Gasteiger partial charge in [0, 0.05) is 18.0 Å². The van der Waals surface area contributed by atoms with Crippen molar-refractivity contribution < 1.29 is 9.53 Å². The van der Waals surface area contributed by atoms with Gasteiger partial charge in [0.2, 0.25) is 5.91 Å². The maximum absolute atomic E-state index is 11.7. The molecule has 1 fully saturated rings. The van der Waals surface area contributed by atoms with E-state index in [1.165, 1.54) is 0 Å². The molecule has 0 spiro atoms. The molecule has 1 aliphatic heterocycles. The molecule has 0 aromatic heterocycles. The Bertz CT molecular complexity index is 412. The highest BCUT2D eigenvalue weighted by atomic mass is 16.5. The Morgan fingerprint density at radius 2 is 2.41 bits per heavy atom. The normalized spacial score (nSPS) is 19.2. The number of nitrogens with one attached hydrogen (secondary N) is 1. The monoisotopic (exact) mass is 234 g/mol. The van der Waals surface area contributed by atoms with Crippen molar-refractivity contribution in [2.45, 2.75) is 32.3 Å². The number of nitrogens with two attached hydrogens (primary N) is 1. The predicted molar refractivity (Wildman–Crippen MR) is 67.8 cm³/mol. The van der Waals surface area contributed by atoms with Crippen molar-refractivity contribution in [2.75, 3.05) is 17.7 Å². The zero-order valence-corrected chi connectivity index (χ0v) is 10.0. The van der Waals surface area contributed by atoms with Gasteiger partial charge in [0.15, 0.2) is 0 Å². The number of carbonyl (C=O) groups excluding carboxylic acids is 1. The highest BCUT2D eigenvalue weighted by Gasteiger charge is 2.18. The van der Waals surface area contributed by atoms with Gasteiger partial charge >= 0.3 is 0 Å². The van der Waals surface area contributed by atoms with E-state index in [-0.39, 0.29) is 12.0 Å². The van der Waals surface area contributed by atoms with Crippen LogP contribution in [-0.4, -0.2) is 18.6 Å². The molecule has 0 aliphatic carbocycles. The van der Waals surface area contributed by atoms with E-state index in [0.29, 0.717) is 6.42 Å². The lowest BCUT2D eigenvalue weighted by molar-refractivity contribution is -0.118. The minimum atomic E-state index is 0.000992. The van der Waals surface area contributed by atoms with Crippen LogP contribution < -0.4 is 11.1 Å². The second-order valence-corrected chi connectivity index (χ2v) is 4.46. The number of nitrogen functional groups attached to an aromatic ring is 1. The number of hydrogen-bond donors (Lipinski definition) is 2. The summed E-state index contributed by atoms with van der Waals surface area (Å²) in [6.07, 6.45) is 2.56. The van der Waals surface area contributed by atoms with Gasteiger partial charge in [0.1, 0.15) is 0 Å². The zero-order valence-electron chi connectivity index (χ0n) is 10.0. The second kappa shape index (κ2) is 5.19. The number of aryl methyl sites for hydroxylation is 1. The molecule has 1 unspecified atom stereocenters. The summed E-state index contributed by atoms with van der Waals surface area (Å²) in [6, 6.07) is 5.50. The molecule has 1 aliphatic rings. The van der Waals surface area contributed by atoms with E-state index in [1.54, 1.807) is 6.07 Å². The third-order valence-corrected chi connectivity index (χ3v) is 2.99. The van der Waals surface area contributed by atoms with Gasteiger partial charge in [-0.3, -0.25) is 4.79 Å². The van der Waals surface area contributed by atoms with E-state index in [2.05, 4.69) is 5.32 Å². The van der Waals surface area contributed by atoms with E-state index in [9.17, 15) is 4.79 Å². The number of amides is 1. The summed E-state index contributed by atoms with van der Waals surface area (Å²) >= 11 is 0. The summed E-state index contributed by atoms with van der Waals surface area (Å²) in [5.74, 6) is 0.000992. The highest BCUT2D eigenvalue weighted by molar-refractivity contribution is 5.91. The van der Waals surface area contributed by atoms with Crippen LogP contribution in [0, 0.1) is 6.92 Å². The Morgan fingerprint density at radius 3 is 3.06 bits per heavy atom. The van der Waals surface area contributed by atoms with Crippen molar-refractivity contribution in [3.63, 3.8) is 0 Å². The van der Waals surface area contributed by atoms with E-state index >= 15 is 0 Å². The summed E-state index contributed by atoms with van der Waals surface area (Å²) in [5, 5.41) is 2.86. The molecule has 1 atom stereocenters. The van der Waals surface area contributed by atoms with Gasteiger partial charge in [0.25, 0.3) is 0 Å². The number of hydrogen-bond acceptors (Lipinski definition) is 3. The molecule has 1 saturated heterocycles. The average Bonchev–Trinajstić information content (AvgIpc) is 2.76. The van der Waals surface area contributed by atoms with Crippen molar-refractivity contribution in [1.82, 2.24) is 0 Å². The second-order valence-electron chi connectivity index (χ2n) is 4.46. The molecule has 1 aromatic rings. The van der Waals surface area contributed by atoms with Crippen LogP contribution in [0.15, 0.2) is 18.2 Å². The molecule has 2 rings (SSSR count). The fourth-order valence-electron chi connectivity index (χ4n) is 1.98. The summed E-state index contributed by atoms with van der Waals surface area (Å²) in [4.78, 5) is 11.7. The first-order chi connectivity index (χ1) is 8.15. The van der Waals surface area contributed by atoms with Gasteiger partial charge in [-0.05, 0) is 43.5 Å². The van der Waals surface area contributed by atoms with Crippen LogP contribution in [0.3, 0.4) is 0 Å². The van der Waals surface area contributed by atoms with E-state index in [0.717, 1.165) is 36.4 Å². The van der Waals surface area contributed by atoms with Gasteiger partial charge < -0.3 is 15.8 Å². The van der Waals surface area contributed by atoms with Crippen LogP contribution >= 0.6 is 0 Å². The highest BCUT2D eigenvalue weighted by Crippen LogP contribution is 2.19. The van der Waals surface area contributed by atoms with Gasteiger partial charge in [-0.15, -0.1) is 0 Å². The van der Waals surface area contributed by atoms with Crippen LogP contribution in [-0.2, 0) is 9.53 Å². The lowest BCUT2D eigenvalue weighted by Crippen LogP contribution is -2.19. The molecule has 0 saturated carbocycles. The molecule has 1 amide bonds. The number of anilines is 2. The topological polar surface area (TPSA) is 64.3 Å². The smallest absolute Gasteiger partial charge is 0.226 e. The molecule has 4 nitrogen and oxygen atoms in total. The molecule has 4 heteroatoms. The fourth-order valence-corrected chi connectivity index (χ4v) is 1.98. The minimum absolute atomic E-state index is 0.000992. The average molecular weight is 234 g/mol. The molecular formula is C13H18N2O2. The first kappa shape index (κ1) is 11.9. The van der Waals surface area contributed by atoms with Crippen molar-refractivity contribution in [1.29, 1.82) is 0 Å². The largest absolute Gasteiger partial charge is 0.399 e. The van der Waals surface area contributed by atoms with E-state index in [1.807, 2.05) is 19.1 Å². The van der Waals surface area contributed by atoms with E-state index < -0.39 is 0 Å². The Balaban J connectivity index is 1.90. The minimum Gasteiger partial charge on any atom is -0.399 e. The number of ether oxygens (including phenoxy) is 1. The SMILES string of the molecule is Cc1cc(NC(=O)CC2CCCO2)ccc1N. The van der Waals surface area contributed by atoms with Gasteiger partial charge in [-0.1, -0.05) is 0 Å². The lowest BCUT2D eigenvalue weighted by atomic mass is 10.1. The van der Waals surface area contributed by atoms with Crippen molar-refractivity contribution in [3.8, 4) is 0 Å². The summed E-state index contributed by atoms with van der Waals surface area (Å²) in [6.45, 7) is 2.70. The standard InChI is InChI=1S/C13H18N2O2/c1-9-7-10(4-5-12(9)14)15-13(16)8-11-3-2-6-17-11/h4-5,7,11H,2-3,6,8,14H2,1H3,(H,15,16). The summed E-state index contributed by atoms with van der Waals surface area (Å²) in [5.41, 5.74) is 8.22. The van der Waals surface area contributed by atoms with Crippen LogP contribution in [0.25, 0.3) is 0 Å². The molecule has 92 valence electrons. The Morgan fingerprint density at radius 1 is 1.59 bits per heavy atom. The maximum Gasteiger partial charge on any atom is 0.226 e. The summed E-state index contributed by atoms with van der Waals surface area (Å²) in [7, 11) is 0. The van der Waals surface area contributed by atoms with Gasteiger partial charge in [0.05, 0.1) is 12.5 Å². The molecule has 1 heterocycles. The predicted octanol–water partition coefficient (Wildman–Crippen LogP) is 2.08. The summed E-state index contributed by atoms with van der Waals surface area (Å²) < 4.78 is 5.42. The molecular weight excluding hydrogens is 216 g/mol. The van der Waals surface area contributed by atoms with Gasteiger partial charge in [-0.2, -0.15) is 0 Å². The van der Waals surface area contributed by atoms with E-state index in [4.69, 9.17) is 10.5 Å². The molecule has 0 radical (unpaired) electrons. The first-order valence-corrected chi connectivity index (χ1v) is 5.93. The molecule has 0 bridgehead atoms. The Labute approximate surface area is 101 Å². The van der Waals surface area contributed by atoms with Crippen LogP contribution in [0.2, 0.25) is 0 Å². The Kier molecular flexibility index (Phi) is 3.64. The number of rotatable bonds is 3. The molecule has 17 heavy (non-hydrogen) atoms. The van der Waals surface area contributed by atoms with Crippen LogP contribution in [0.5, 0.6) is 0 Å². The molecule has 1 aromatic carbocycles. The maximum atomic E-state index is 11.7. The third kappa shape index (κ3) is 3.20.